The number of hydrogen-bond donors (Lipinski definition) is 1. The number of hydrogen-bond acceptors (Lipinski definition) is 3. The highest BCUT2D eigenvalue weighted by Crippen LogP contribution is 2.23. The summed E-state index contributed by atoms with van der Waals surface area (Å²) < 4.78 is 0. The highest BCUT2D eigenvalue weighted by atomic mass is 16.1. The van der Waals surface area contributed by atoms with Crippen LogP contribution in [0.15, 0.2) is 18.2 Å². The second-order valence-electron chi connectivity index (χ2n) is 6.02. The van der Waals surface area contributed by atoms with E-state index in [1.807, 2.05) is 6.07 Å². The topological polar surface area (TPSA) is 56.1 Å². The molecule has 1 aromatic carbocycles. The van der Waals surface area contributed by atoms with Crippen LogP contribution < -0.4 is 5.32 Å². The van der Waals surface area contributed by atoms with Crippen LogP contribution in [0.4, 0.5) is 0 Å². The Morgan fingerprint density at radius 2 is 2.05 bits per heavy atom. The number of fused-ring (bicyclic) bond motifs is 1. The van der Waals surface area contributed by atoms with Crippen LogP contribution in [0.5, 0.6) is 0 Å². The van der Waals surface area contributed by atoms with Gasteiger partial charge in [-0.1, -0.05) is 6.07 Å². The summed E-state index contributed by atoms with van der Waals surface area (Å²) in [5.74, 6) is 0.0448. The molecular formula is C17H21N3O. The Kier molecular flexibility index (Phi) is 4.21. The quantitative estimate of drug-likeness (QED) is 0.862. The molecule has 21 heavy (non-hydrogen) atoms. The van der Waals surface area contributed by atoms with Crippen molar-refractivity contribution in [1.82, 2.24) is 10.2 Å². The number of nitrogens with one attached hydrogen (secondary N) is 1. The Labute approximate surface area is 125 Å². The number of nitriles is 1. The Morgan fingerprint density at radius 1 is 1.29 bits per heavy atom. The van der Waals surface area contributed by atoms with Crippen molar-refractivity contribution >= 4 is 5.91 Å². The Hall–Kier alpha value is -1.86. The third-order valence-corrected chi connectivity index (χ3v) is 4.58. The first-order valence-corrected chi connectivity index (χ1v) is 7.78. The predicted molar refractivity (Wildman–Crippen MR) is 81.0 cm³/mol. The minimum atomic E-state index is 0.0448. The molecule has 3 rings (SSSR count). The molecule has 1 amide bonds. The van der Waals surface area contributed by atoms with Gasteiger partial charge in [-0.25, -0.2) is 0 Å². The molecule has 1 fully saturated rings. The van der Waals surface area contributed by atoms with Gasteiger partial charge >= 0.3 is 0 Å². The molecule has 0 unspecified atom stereocenters. The van der Waals surface area contributed by atoms with Crippen LogP contribution >= 0.6 is 0 Å². The van der Waals surface area contributed by atoms with E-state index in [4.69, 9.17) is 5.26 Å². The van der Waals surface area contributed by atoms with Crippen LogP contribution in [-0.2, 0) is 12.8 Å². The molecule has 0 aromatic heterocycles. The van der Waals surface area contributed by atoms with Crippen LogP contribution in [0.2, 0.25) is 0 Å². The fourth-order valence-corrected chi connectivity index (χ4v) is 3.32. The summed E-state index contributed by atoms with van der Waals surface area (Å²) in [6, 6.07) is 8.53. The molecule has 1 aromatic rings. The van der Waals surface area contributed by atoms with Crippen molar-refractivity contribution in [1.29, 1.82) is 5.26 Å². The molecule has 4 heteroatoms. The zero-order chi connectivity index (χ0) is 14.7. The molecule has 4 nitrogen and oxygen atoms in total. The van der Waals surface area contributed by atoms with E-state index in [0.717, 1.165) is 44.3 Å². The highest BCUT2D eigenvalue weighted by Gasteiger charge is 2.21. The lowest BCUT2D eigenvalue weighted by Gasteiger charge is -2.30. The van der Waals surface area contributed by atoms with E-state index in [1.54, 1.807) is 0 Å². The van der Waals surface area contributed by atoms with E-state index < -0.39 is 0 Å². The summed E-state index contributed by atoms with van der Waals surface area (Å²) in [6.07, 6.45) is 5.31. The SMILES string of the molecule is N#CCN1CCC(NC(=O)c2ccc3c(c2)CCC3)CC1. The van der Waals surface area contributed by atoms with E-state index in [1.165, 1.54) is 17.5 Å². The number of likely N-dealkylation sites (tertiary alicyclic amines) is 1. The molecule has 1 N–H and O–H groups in total. The number of nitrogens with zero attached hydrogens (tertiary/aromatic N) is 2. The lowest BCUT2D eigenvalue weighted by atomic mass is 10.0. The maximum Gasteiger partial charge on any atom is 0.251 e. The first kappa shape index (κ1) is 14.1. The zero-order valence-electron chi connectivity index (χ0n) is 12.3. The normalized spacial score (nSPS) is 19.0. The molecule has 0 spiro atoms. The van der Waals surface area contributed by atoms with Crippen LogP contribution in [0.1, 0.15) is 40.7 Å². The number of piperidine rings is 1. The van der Waals surface area contributed by atoms with E-state index in [2.05, 4.69) is 28.4 Å². The molecule has 0 bridgehead atoms. The van der Waals surface area contributed by atoms with Crippen molar-refractivity contribution in [3.05, 3.63) is 34.9 Å². The summed E-state index contributed by atoms with van der Waals surface area (Å²) in [7, 11) is 0. The van der Waals surface area contributed by atoms with Gasteiger partial charge in [0.15, 0.2) is 0 Å². The van der Waals surface area contributed by atoms with Crippen molar-refractivity contribution in [2.24, 2.45) is 0 Å². The summed E-state index contributed by atoms with van der Waals surface area (Å²) in [5, 5.41) is 11.8. The fraction of sp³-hybridized carbons (Fsp3) is 0.529. The number of carbonyl (C=O) groups excluding carboxylic acids is 1. The summed E-state index contributed by atoms with van der Waals surface area (Å²) in [4.78, 5) is 14.5. The van der Waals surface area contributed by atoms with E-state index in [9.17, 15) is 4.79 Å². The molecule has 1 aliphatic heterocycles. The molecule has 0 radical (unpaired) electrons. The molecule has 110 valence electrons. The number of amides is 1. The lowest BCUT2D eigenvalue weighted by molar-refractivity contribution is 0.0914. The molecule has 2 aliphatic rings. The summed E-state index contributed by atoms with van der Waals surface area (Å²) in [5.41, 5.74) is 3.53. The Balaban J connectivity index is 1.56. The largest absolute Gasteiger partial charge is 0.349 e. The van der Waals surface area contributed by atoms with E-state index >= 15 is 0 Å². The molecule has 0 saturated carbocycles. The third-order valence-electron chi connectivity index (χ3n) is 4.58. The maximum absolute atomic E-state index is 12.3. The van der Waals surface area contributed by atoms with Gasteiger partial charge in [0.1, 0.15) is 0 Å². The molecule has 0 atom stereocenters. The average Bonchev–Trinajstić information content (AvgIpc) is 2.97. The number of benzene rings is 1. The summed E-state index contributed by atoms with van der Waals surface area (Å²) >= 11 is 0. The van der Waals surface area contributed by atoms with Gasteiger partial charge in [-0.3, -0.25) is 9.69 Å². The van der Waals surface area contributed by atoms with Crippen molar-refractivity contribution in [3.63, 3.8) is 0 Å². The van der Waals surface area contributed by atoms with Gasteiger partial charge in [0, 0.05) is 24.7 Å². The maximum atomic E-state index is 12.3. The van der Waals surface area contributed by atoms with Crippen molar-refractivity contribution in [3.8, 4) is 6.07 Å². The predicted octanol–water partition coefficient (Wildman–Crippen LogP) is 1.89. The minimum Gasteiger partial charge on any atom is -0.349 e. The van der Waals surface area contributed by atoms with Gasteiger partial charge in [0.2, 0.25) is 0 Å². The van der Waals surface area contributed by atoms with Gasteiger partial charge in [0.25, 0.3) is 5.91 Å². The molecule has 1 aliphatic carbocycles. The third kappa shape index (κ3) is 3.25. The summed E-state index contributed by atoms with van der Waals surface area (Å²) in [6.45, 7) is 2.27. The Bertz CT molecular complexity index is 568. The van der Waals surface area contributed by atoms with Crippen molar-refractivity contribution in [2.45, 2.75) is 38.1 Å². The van der Waals surface area contributed by atoms with Crippen LogP contribution in [0.3, 0.4) is 0 Å². The highest BCUT2D eigenvalue weighted by molar-refractivity contribution is 5.94. The first-order valence-electron chi connectivity index (χ1n) is 7.78. The van der Waals surface area contributed by atoms with E-state index in [0.29, 0.717) is 6.54 Å². The number of rotatable bonds is 3. The monoisotopic (exact) mass is 283 g/mol. The zero-order valence-corrected chi connectivity index (χ0v) is 12.3. The van der Waals surface area contributed by atoms with Gasteiger partial charge in [-0.05, 0) is 55.4 Å². The van der Waals surface area contributed by atoms with Crippen molar-refractivity contribution < 1.29 is 4.79 Å². The van der Waals surface area contributed by atoms with Crippen LogP contribution in [0, 0.1) is 11.3 Å². The second-order valence-corrected chi connectivity index (χ2v) is 6.02. The smallest absolute Gasteiger partial charge is 0.251 e. The number of carbonyl (C=O) groups is 1. The molecule has 1 heterocycles. The Morgan fingerprint density at radius 3 is 2.81 bits per heavy atom. The number of aryl methyl sites for hydroxylation is 2. The van der Waals surface area contributed by atoms with E-state index in [-0.39, 0.29) is 11.9 Å². The standard InChI is InChI=1S/C17H21N3O/c18-8-11-20-9-6-16(7-10-20)19-17(21)15-5-4-13-2-1-3-14(13)12-15/h4-5,12,16H,1-3,6-7,9-11H2,(H,19,21). The van der Waals surface area contributed by atoms with Crippen molar-refractivity contribution in [2.75, 3.05) is 19.6 Å². The fourth-order valence-electron chi connectivity index (χ4n) is 3.32. The van der Waals surface area contributed by atoms with Crippen LogP contribution in [-0.4, -0.2) is 36.5 Å². The van der Waals surface area contributed by atoms with Gasteiger partial charge < -0.3 is 5.32 Å². The van der Waals surface area contributed by atoms with Gasteiger partial charge in [-0.2, -0.15) is 5.26 Å². The minimum absolute atomic E-state index is 0.0448. The van der Waals surface area contributed by atoms with Gasteiger partial charge in [-0.15, -0.1) is 0 Å². The van der Waals surface area contributed by atoms with Crippen LogP contribution in [0.25, 0.3) is 0 Å². The lowest BCUT2D eigenvalue weighted by Crippen LogP contribution is -2.44. The van der Waals surface area contributed by atoms with Gasteiger partial charge in [0.05, 0.1) is 12.6 Å². The average molecular weight is 283 g/mol. The first-order chi connectivity index (χ1) is 10.3. The molecule has 1 saturated heterocycles. The second kappa shape index (κ2) is 6.28. The molecular weight excluding hydrogens is 262 g/mol.